The molecule has 6 aromatic rings. The molecule has 15 heteroatoms. The number of ether oxygens (including phenoxy) is 3. The topological polar surface area (TPSA) is 141 Å². The molecular formula is C39H37ClF3N7O4. The molecule has 0 saturated carbocycles. The maximum atomic E-state index is 15.0. The predicted octanol–water partition coefficient (Wildman–Crippen LogP) is 7.34. The zero-order chi connectivity index (χ0) is 38.4. The van der Waals surface area contributed by atoms with Crippen LogP contribution in [0.1, 0.15) is 27.8 Å². The number of alkyl halides is 3. The van der Waals surface area contributed by atoms with Crippen LogP contribution in [-0.2, 0) is 25.8 Å². The van der Waals surface area contributed by atoms with E-state index < -0.39 is 23.0 Å². The molecule has 54 heavy (non-hydrogen) atoms. The maximum Gasteiger partial charge on any atom is 0.418 e. The second-order valence-corrected chi connectivity index (χ2v) is 12.7. The maximum absolute atomic E-state index is 15.0. The van der Waals surface area contributed by atoms with E-state index in [-0.39, 0.29) is 45.2 Å². The molecule has 3 aromatic carbocycles. The van der Waals surface area contributed by atoms with Gasteiger partial charge in [-0.1, -0.05) is 41.9 Å². The number of fused-ring (bicyclic) bond motifs is 1. The second kappa shape index (κ2) is 16.4. The van der Waals surface area contributed by atoms with Gasteiger partial charge in [0.2, 0.25) is 0 Å². The van der Waals surface area contributed by atoms with E-state index in [1.165, 1.54) is 19.1 Å². The zero-order valence-electron chi connectivity index (χ0n) is 29.6. The number of hydrogen-bond acceptors (Lipinski definition) is 10. The Hall–Kier alpha value is -5.86. The molecule has 0 aliphatic carbocycles. The average Bonchev–Trinajstić information content (AvgIpc) is 3.15. The normalized spacial score (nSPS) is 11.5. The van der Waals surface area contributed by atoms with Crippen LogP contribution in [-0.4, -0.2) is 47.3 Å². The number of pyridine rings is 2. The Labute approximate surface area is 313 Å². The standard InChI is InChI=1S/C39H37ClF3N7O4/c1-23-17-31(50(20-24-6-10-27(52-2)11-7-24)21-25-8-12-28(53-3)13-9-25)49-35(33(23)39(41,42)43)29-18-30(32-36(34(29)40)47-22-48-38(32)51)54-16-15-45-19-26-5-4-14-46-37(26)44/h4-14,17-18,22,45H,15-16,19-21H2,1-3H3,(H2,44,46)(H,47,48,51). The van der Waals surface area contributed by atoms with E-state index in [0.29, 0.717) is 43.5 Å². The Bertz CT molecular complexity index is 2250. The van der Waals surface area contributed by atoms with Crippen molar-refractivity contribution in [1.29, 1.82) is 0 Å². The summed E-state index contributed by atoms with van der Waals surface area (Å²) in [6.45, 7) is 2.71. The number of H-pyrrole nitrogens is 1. The van der Waals surface area contributed by atoms with Gasteiger partial charge in [0.25, 0.3) is 5.56 Å². The first kappa shape index (κ1) is 37.9. The lowest BCUT2D eigenvalue weighted by Gasteiger charge is -2.27. The molecule has 4 N–H and O–H groups in total. The molecule has 0 fully saturated rings. The zero-order valence-corrected chi connectivity index (χ0v) is 30.4. The minimum atomic E-state index is -4.82. The molecule has 280 valence electrons. The molecule has 0 saturated heterocycles. The number of methoxy groups -OCH3 is 2. The van der Waals surface area contributed by atoms with Gasteiger partial charge in [-0.05, 0) is 66.1 Å². The Kier molecular flexibility index (Phi) is 11.5. The van der Waals surface area contributed by atoms with Gasteiger partial charge >= 0.3 is 6.18 Å². The third-order valence-corrected chi connectivity index (χ3v) is 9.11. The summed E-state index contributed by atoms with van der Waals surface area (Å²) in [6, 6.07) is 21.1. The molecule has 0 amide bonds. The van der Waals surface area contributed by atoms with Gasteiger partial charge in [0, 0.05) is 43.5 Å². The molecule has 3 heterocycles. The molecule has 0 bridgehead atoms. The first-order valence-electron chi connectivity index (χ1n) is 16.8. The van der Waals surface area contributed by atoms with Crippen LogP contribution in [0.25, 0.3) is 22.2 Å². The molecule has 0 unspecified atom stereocenters. The highest BCUT2D eigenvalue weighted by atomic mass is 35.5. The van der Waals surface area contributed by atoms with Crippen LogP contribution in [0.3, 0.4) is 0 Å². The Morgan fingerprint density at radius 2 is 1.59 bits per heavy atom. The van der Waals surface area contributed by atoms with E-state index in [1.807, 2.05) is 59.5 Å². The highest BCUT2D eigenvalue weighted by Gasteiger charge is 2.38. The van der Waals surface area contributed by atoms with Crippen LogP contribution < -0.4 is 35.7 Å². The number of nitrogens with zero attached hydrogens (tertiary/aromatic N) is 4. The summed E-state index contributed by atoms with van der Waals surface area (Å²) in [6.07, 6.45) is -2.10. The molecule has 0 atom stereocenters. The van der Waals surface area contributed by atoms with E-state index in [4.69, 9.17) is 31.5 Å². The predicted molar refractivity (Wildman–Crippen MR) is 202 cm³/mol. The van der Waals surface area contributed by atoms with Gasteiger partial charge in [-0.15, -0.1) is 0 Å². The number of nitrogens with two attached hydrogens (primary N) is 1. The number of rotatable bonds is 14. The first-order chi connectivity index (χ1) is 26.0. The minimum absolute atomic E-state index is 0.00672. The largest absolute Gasteiger partial charge is 0.497 e. The van der Waals surface area contributed by atoms with Crippen LogP contribution in [0.2, 0.25) is 5.02 Å². The summed E-state index contributed by atoms with van der Waals surface area (Å²) in [5.41, 5.74) is 6.27. The van der Waals surface area contributed by atoms with Gasteiger partial charge in [0.05, 0.1) is 36.8 Å². The quantitative estimate of drug-likeness (QED) is 0.0967. The number of halogens is 4. The van der Waals surface area contributed by atoms with Gasteiger partial charge in [0.1, 0.15) is 46.4 Å². The fraction of sp³-hybridized carbons (Fsp3) is 0.231. The molecule has 0 radical (unpaired) electrons. The third kappa shape index (κ3) is 8.50. The average molecular weight is 760 g/mol. The Morgan fingerprint density at radius 3 is 2.19 bits per heavy atom. The number of nitrogen functional groups attached to an aromatic ring is 1. The fourth-order valence-electron chi connectivity index (χ4n) is 6.02. The van der Waals surface area contributed by atoms with Gasteiger partial charge in [0.15, 0.2) is 0 Å². The summed E-state index contributed by atoms with van der Waals surface area (Å²) >= 11 is 6.86. The minimum Gasteiger partial charge on any atom is -0.497 e. The van der Waals surface area contributed by atoms with Gasteiger partial charge in [-0.2, -0.15) is 13.2 Å². The number of hydrogen-bond donors (Lipinski definition) is 3. The summed E-state index contributed by atoms with van der Waals surface area (Å²) < 4.78 is 61.6. The van der Waals surface area contributed by atoms with E-state index in [0.717, 1.165) is 23.0 Å². The van der Waals surface area contributed by atoms with E-state index in [9.17, 15) is 18.0 Å². The van der Waals surface area contributed by atoms with Gasteiger partial charge in [-0.25, -0.2) is 15.0 Å². The lowest BCUT2D eigenvalue weighted by molar-refractivity contribution is -0.137. The van der Waals surface area contributed by atoms with Crippen LogP contribution in [0, 0.1) is 6.92 Å². The summed E-state index contributed by atoms with van der Waals surface area (Å²) in [7, 11) is 3.14. The summed E-state index contributed by atoms with van der Waals surface area (Å²) in [4.78, 5) is 30.4. The number of aryl methyl sites for hydroxylation is 1. The Balaban J connectivity index is 1.43. The van der Waals surface area contributed by atoms with Crippen molar-refractivity contribution in [3.8, 4) is 28.5 Å². The number of aromatic nitrogens is 4. The number of aromatic amines is 1. The number of anilines is 2. The van der Waals surface area contributed by atoms with Crippen molar-refractivity contribution < 1.29 is 27.4 Å². The van der Waals surface area contributed by atoms with Crippen molar-refractivity contribution >= 4 is 34.1 Å². The highest BCUT2D eigenvalue weighted by molar-refractivity contribution is 6.38. The monoisotopic (exact) mass is 759 g/mol. The van der Waals surface area contributed by atoms with Crippen LogP contribution >= 0.6 is 11.6 Å². The number of nitrogens with one attached hydrogen (secondary N) is 2. The van der Waals surface area contributed by atoms with Crippen LogP contribution in [0.15, 0.2) is 90.1 Å². The summed E-state index contributed by atoms with van der Waals surface area (Å²) in [5.74, 6) is 1.97. The molecular weight excluding hydrogens is 723 g/mol. The lowest BCUT2D eigenvalue weighted by Crippen LogP contribution is -2.24. The van der Waals surface area contributed by atoms with Crippen molar-refractivity contribution in [1.82, 2.24) is 25.3 Å². The fourth-order valence-corrected chi connectivity index (χ4v) is 6.31. The van der Waals surface area contributed by atoms with Gasteiger partial charge < -0.3 is 35.1 Å². The number of benzene rings is 3. The molecule has 0 aliphatic heterocycles. The van der Waals surface area contributed by atoms with Crippen LogP contribution in [0.5, 0.6) is 17.2 Å². The van der Waals surface area contributed by atoms with Crippen molar-refractivity contribution in [3.05, 3.63) is 129 Å². The van der Waals surface area contributed by atoms with Gasteiger partial charge in [-0.3, -0.25) is 4.79 Å². The van der Waals surface area contributed by atoms with E-state index in [2.05, 4.69) is 25.3 Å². The lowest BCUT2D eigenvalue weighted by atomic mass is 9.99. The summed E-state index contributed by atoms with van der Waals surface area (Å²) in [5, 5.41) is 3.00. The Morgan fingerprint density at radius 1 is 0.944 bits per heavy atom. The first-order valence-corrected chi connectivity index (χ1v) is 17.2. The highest BCUT2D eigenvalue weighted by Crippen LogP contribution is 2.45. The van der Waals surface area contributed by atoms with Crippen molar-refractivity contribution in [3.63, 3.8) is 0 Å². The molecule has 0 aliphatic rings. The SMILES string of the molecule is COc1ccc(CN(Cc2ccc(OC)cc2)c2cc(C)c(C(F)(F)F)c(-c3cc(OCCNCc4cccnc4N)c4c(=O)[nH]cnc4c3Cl)n2)cc1. The van der Waals surface area contributed by atoms with E-state index in [1.54, 1.807) is 26.5 Å². The molecule has 6 rings (SSSR count). The smallest absolute Gasteiger partial charge is 0.418 e. The second-order valence-electron chi connectivity index (χ2n) is 12.3. The van der Waals surface area contributed by atoms with Crippen molar-refractivity contribution in [2.45, 2.75) is 32.7 Å². The third-order valence-electron chi connectivity index (χ3n) is 8.73. The van der Waals surface area contributed by atoms with E-state index >= 15 is 0 Å². The molecule has 11 nitrogen and oxygen atoms in total. The molecule has 3 aromatic heterocycles. The van der Waals surface area contributed by atoms with Crippen molar-refractivity contribution in [2.24, 2.45) is 0 Å². The molecule has 0 spiro atoms. The van der Waals surface area contributed by atoms with Crippen LogP contribution in [0.4, 0.5) is 24.8 Å². The van der Waals surface area contributed by atoms with Crippen molar-refractivity contribution in [2.75, 3.05) is 38.0 Å².